The van der Waals surface area contributed by atoms with Crippen molar-refractivity contribution in [3.63, 3.8) is 0 Å². The van der Waals surface area contributed by atoms with Crippen LogP contribution in [0.3, 0.4) is 0 Å². The average Bonchev–Trinajstić information content (AvgIpc) is 3.22. The molecular weight excluding hydrogens is 444 g/mol. The lowest BCUT2D eigenvalue weighted by atomic mass is 9.77. The summed E-state index contributed by atoms with van der Waals surface area (Å²) in [5, 5.41) is 12.2. The summed E-state index contributed by atoms with van der Waals surface area (Å²) in [5.74, 6) is -1.42. The fourth-order valence-electron chi connectivity index (χ4n) is 4.82. The molecule has 3 unspecified atom stereocenters. The fraction of sp³-hybridized carbons (Fsp3) is 0.550. The van der Waals surface area contributed by atoms with Gasteiger partial charge in [0, 0.05) is 9.22 Å². The van der Waals surface area contributed by atoms with E-state index >= 15 is 0 Å². The molecule has 3 fully saturated rings. The standard InChI is InChI=1S/C20H23BrN2O4S/c1-19(2)14(17(25)26)23-15(24)13(16(23)28-19)22-18(27)20(9-3-4-10-20)11-5-7-12(21)8-6-11/h5-8,13-14,16H,3-4,9-10H2,1-2H3,(H,22,27)(H,25,26). The maximum absolute atomic E-state index is 13.3. The number of carbonyl (C=O) groups excluding carboxylic acids is 2. The van der Waals surface area contributed by atoms with Gasteiger partial charge in [-0.05, 0) is 44.4 Å². The van der Waals surface area contributed by atoms with Crippen LogP contribution < -0.4 is 5.32 Å². The van der Waals surface area contributed by atoms with Gasteiger partial charge in [-0.1, -0.05) is 40.9 Å². The topological polar surface area (TPSA) is 86.7 Å². The van der Waals surface area contributed by atoms with Crippen LogP contribution in [-0.2, 0) is 19.8 Å². The quantitative estimate of drug-likeness (QED) is 0.666. The number of β-lactam (4-membered cyclic amide) rings is 1. The number of carboxylic acid groups (broad SMARTS) is 1. The molecule has 8 heteroatoms. The Balaban J connectivity index is 1.56. The van der Waals surface area contributed by atoms with Crippen LogP contribution in [0.2, 0.25) is 0 Å². The van der Waals surface area contributed by atoms with E-state index in [2.05, 4.69) is 21.2 Å². The smallest absolute Gasteiger partial charge is 0.327 e. The molecule has 2 saturated heterocycles. The van der Waals surface area contributed by atoms with E-state index in [0.29, 0.717) is 0 Å². The molecule has 3 aliphatic rings. The van der Waals surface area contributed by atoms with Crippen molar-refractivity contribution in [3.05, 3.63) is 34.3 Å². The van der Waals surface area contributed by atoms with Crippen molar-refractivity contribution in [1.29, 1.82) is 0 Å². The Bertz CT molecular complexity index is 835. The monoisotopic (exact) mass is 466 g/mol. The van der Waals surface area contributed by atoms with Gasteiger partial charge < -0.3 is 15.3 Å². The van der Waals surface area contributed by atoms with Gasteiger partial charge in [0.2, 0.25) is 11.8 Å². The van der Waals surface area contributed by atoms with Crippen molar-refractivity contribution in [2.45, 2.75) is 67.2 Å². The van der Waals surface area contributed by atoms with Crippen LogP contribution in [-0.4, -0.2) is 50.0 Å². The normalized spacial score (nSPS) is 29.9. The van der Waals surface area contributed by atoms with Crippen molar-refractivity contribution < 1.29 is 19.5 Å². The van der Waals surface area contributed by atoms with Gasteiger partial charge in [-0.25, -0.2) is 4.79 Å². The average molecular weight is 467 g/mol. The molecule has 1 aliphatic carbocycles. The highest BCUT2D eigenvalue weighted by atomic mass is 79.9. The van der Waals surface area contributed by atoms with Gasteiger partial charge in [-0.15, -0.1) is 11.8 Å². The summed E-state index contributed by atoms with van der Waals surface area (Å²) in [6, 6.07) is 6.29. The first-order chi connectivity index (χ1) is 13.2. The summed E-state index contributed by atoms with van der Waals surface area (Å²) >= 11 is 4.88. The van der Waals surface area contributed by atoms with Gasteiger partial charge in [-0.3, -0.25) is 9.59 Å². The number of nitrogens with one attached hydrogen (secondary N) is 1. The van der Waals surface area contributed by atoms with Crippen molar-refractivity contribution in [2.75, 3.05) is 0 Å². The molecule has 1 aromatic carbocycles. The molecule has 2 heterocycles. The number of benzene rings is 1. The second-order valence-corrected chi connectivity index (χ2v) is 11.0. The van der Waals surface area contributed by atoms with Crippen LogP contribution in [0.1, 0.15) is 45.1 Å². The summed E-state index contributed by atoms with van der Waals surface area (Å²) in [5.41, 5.74) is 0.351. The van der Waals surface area contributed by atoms with Gasteiger partial charge in [0.05, 0.1) is 5.41 Å². The van der Waals surface area contributed by atoms with E-state index in [-0.39, 0.29) is 17.2 Å². The number of fused-ring (bicyclic) bond motifs is 1. The summed E-state index contributed by atoms with van der Waals surface area (Å²) in [6.45, 7) is 3.67. The Morgan fingerprint density at radius 2 is 1.82 bits per heavy atom. The number of thioether (sulfide) groups is 1. The Kier molecular flexibility index (Phi) is 4.77. The zero-order chi connectivity index (χ0) is 20.3. The Hall–Kier alpha value is -1.54. The number of aliphatic carboxylic acids is 1. The van der Waals surface area contributed by atoms with Gasteiger partial charge in [-0.2, -0.15) is 0 Å². The van der Waals surface area contributed by atoms with E-state index < -0.39 is 28.2 Å². The van der Waals surface area contributed by atoms with Gasteiger partial charge >= 0.3 is 5.97 Å². The first-order valence-electron chi connectivity index (χ1n) is 9.47. The van der Waals surface area contributed by atoms with Gasteiger partial charge in [0.15, 0.2) is 0 Å². The molecule has 28 heavy (non-hydrogen) atoms. The van der Waals surface area contributed by atoms with Crippen molar-refractivity contribution in [3.8, 4) is 0 Å². The van der Waals surface area contributed by atoms with E-state index in [1.807, 2.05) is 38.1 Å². The SMILES string of the molecule is CC1(C)SC2C(NC(=O)C3(c4ccc(Br)cc4)CCCC3)C(=O)N2C1C(=O)O. The minimum Gasteiger partial charge on any atom is -0.480 e. The van der Waals surface area contributed by atoms with Crippen LogP contribution in [0.4, 0.5) is 0 Å². The number of carboxylic acids is 1. The largest absolute Gasteiger partial charge is 0.480 e. The molecule has 2 aliphatic heterocycles. The summed E-state index contributed by atoms with van der Waals surface area (Å²) in [7, 11) is 0. The fourth-order valence-corrected chi connectivity index (χ4v) is 6.71. The lowest BCUT2D eigenvalue weighted by molar-refractivity contribution is -0.161. The van der Waals surface area contributed by atoms with E-state index in [4.69, 9.17) is 0 Å². The van der Waals surface area contributed by atoms with E-state index in [1.54, 1.807) is 0 Å². The van der Waals surface area contributed by atoms with E-state index in [1.165, 1.54) is 16.7 Å². The predicted octanol–water partition coefficient (Wildman–Crippen LogP) is 2.89. The number of halogens is 1. The summed E-state index contributed by atoms with van der Waals surface area (Å²) in [6.07, 6.45) is 3.46. The van der Waals surface area contributed by atoms with Gasteiger partial charge in [0.1, 0.15) is 17.5 Å². The van der Waals surface area contributed by atoms with Crippen LogP contribution in [0.25, 0.3) is 0 Å². The van der Waals surface area contributed by atoms with Crippen LogP contribution in [0.5, 0.6) is 0 Å². The molecule has 0 aromatic heterocycles. The summed E-state index contributed by atoms with van der Waals surface area (Å²) in [4.78, 5) is 39.1. The third-order valence-corrected chi connectivity index (χ3v) is 8.35. The predicted molar refractivity (Wildman–Crippen MR) is 110 cm³/mol. The zero-order valence-corrected chi connectivity index (χ0v) is 18.2. The minimum absolute atomic E-state index is 0.123. The maximum atomic E-state index is 13.3. The molecular formula is C20H23BrN2O4S. The maximum Gasteiger partial charge on any atom is 0.327 e. The third-order valence-electron chi connectivity index (χ3n) is 6.25. The van der Waals surface area contributed by atoms with Crippen LogP contribution >= 0.6 is 27.7 Å². The molecule has 6 nitrogen and oxygen atoms in total. The second kappa shape index (κ2) is 6.76. The Morgan fingerprint density at radius 3 is 2.39 bits per heavy atom. The number of hydrogen-bond donors (Lipinski definition) is 2. The molecule has 2 amide bonds. The molecule has 0 spiro atoms. The van der Waals surface area contributed by atoms with E-state index in [0.717, 1.165) is 35.7 Å². The molecule has 1 aromatic rings. The van der Waals surface area contributed by atoms with E-state index in [9.17, 15) is 19.5 Å². The Labute approximate surface area is 176 Å². The highest BCUT2D eigenvalue weighted by Crippen LogP contribution is 2.51. The van der Waals surface area contributed by atoms with Gasteiger partial charge in [0.25, 0.3) is 0 Å². The molecule has 150 valence electrons. The zero-order valence-electron chi connectivity index (χ0n) is 15.8. The lowest BCUT2D eigenvalue weighted by Gasteiger charge is -2.44. The number of rotatable bonds is 4. The molecule has 0 radical (unpaired) electrons. The Morgan fingerprint density at radius 1 is 1.21 bits per heavy atom. The third kappa shape index (κ3) is 2.87. The lowest BCUT2D eigenvalue weighted by Crippen LogP contribution is -2.71. The van der Waals surface area contributed by atoms with Crippen LogP contribution in [0, 0.1) is 0 Å². The molecule has 4 rings (SSSR count). The first kappa shape index (κ1) is 19.8. The highest BCUT2D eigenvalue weighted by molar-refractivity contribution is 9.10. The molecule has 1 saturated carbocycles. The highest BCUT2D eigenvalue weighted by Gasteiger charge is 2.64. The number of hydrogen-bond acceptors (Lipinski definition) is 4. The molecule has 2 N–H and O–H groups in total. The minimum atomic E-state index is -1.000. The van der Waals surface area contributed by atoms with Crippen LogP contribution in [0.15, 0.2) is 28.7 Å². The number of amides is 2. The number of nitrogens with zero attached hydrogens (tertiary/aromatic N) is 1. The molecule has 0 bridgehead atoms. The van der Waals surface area contributed by atoms with Crippen molar-refractivity contribution in [2.24, 2.45) is 0 Å². The van der Waals surface area contributed by atoms with Crippen molar-refractivity contribution in [1.82, 2.24) is 10.2 Å². The summed E-state index contributed by atoms with van der Waals surface area (Å²) < 4.78 is 0.362. The van der Waals surface area contributed by atoms with Crippen molar-refractivity contribution >= 4 is 45.5 Å². The first-order valence-corrected chi connectivity index (χ1v) is 11.1. The molecule has 3 atom stereocenters. The number of carbonyl (C=O) groups is 3. The second-order valence-electron chi connectivity index (χ2n) is 8.35.